The first-order chi connectivity index (χ1) is 12.4. The summed E-state index contributed by atoms with van der Waals surface area (Å²) >= 11 is 0. The molecule has 0 aromatic heterocycles. The molecule has 0 aromatic rings. The molecule has 0 saturated carbocycles. The molecule has 150 valence electrons. The van der Waals surface area contributed by atoms with Gasteiger partial charge in [-0.3, -0.25) is 4.79 Å². The van der Waals surface area contributed by atoms with Crippen molar-refractivity contribution < 1.29 is 30.0 Å². The van der Waals surface area contributed by atoms with Crippen molar-refractivity contribution in [3.8, 4) is 0 Å². The molecule has 0 spiro atoms. The minimum absolute atomic E-state index is 0.0129. The summed E-state index contributed by atoms with van der Waals surface area (Å²) in [5.74, 6) is -0.889. The number of aliphatic hydroxyl groups excluding tert-OH is 3. The topological polar surface area (TPSA) is 107 Å². The summed E-state index contributed by atoms with van der Waals surface area (Å²) in [7, 11) is 0. The van der Waals surface area contributed by atoms with Crippen molar-refractivity contribution in [3.63, 3.8) is 0 Å². The summed E-state index contributed by atoms with van der Waals surface area (Å²) in [5, 5.41) is 38.6. The van der Waals surface area contributed by atoms with Gasteiger partial charge in [0.25, 0.3) is 0 Å². The fourth-order valence-corrected chi connectivity index (χ4v) is 2.98. The van der Waals surface area contributed by atoms with E-state index in [0.717, 1.165) is 6.42 Å². The third kappa shape index (κ3) is 9.48. The second-order valence-electron chi connectivity index (χ2n) is 6.95. The van der Waals surface area contributed by atoms with Gasteiger partial charge in [0, 0.05) is 12.8 Å². The number of hydrogen-bond donors (Lipinski definition) is 4. The smallest absolute Gasteiger partial charge is 0.303 e. The van der Waals surface area contributed by atoms with Crippen LogP contribution in [-0.4, -0.2) is 56.9 Å². The van der Waals surface area contributed by atoms with Crippen LogP contribution in [0.25, 0.3) is 0 Å². The van der Waals surface area contributed by atoms with E-state index in [2.05, 4.69) is 13.0 Å². The number of hydrogen-bond acceptors (Lipinski definition) is 5. The van der Waals surface area contributed by atoms with E-state index in [1.165, 1.54) is 31.4 Å². The van der Waals surface area contributed by atoms with E-state index in [1.54, 1.807) is 0 Å². The molecule has 0 aromatic carbocycles. The zero-order valence-electron chi connectivity index (χ0n) is 15.7. The molecule has 1 aliphatic rings. The van der Waals surface area contributed by atoms with Crippen LogP contribution in [-0.2, 0) is 9.53 Å². The number of aliphatic carboxylic acids is 1. The molecule has 6 nitrogen and oxygen atoms in total. The molecule has 0 bridgehead atoms. The summed E-state index contributed by atoms with van der Waals surface area (Å²) < 4.78 is 5.75. The number of aliphatic hydroxyl groups is 3. The molecular weight excluding hydrogens is 336 g/mol. The third-order valence-electron chi connectivity index (χ3n) is 4.56. The highest BCUT2D eigenvalue weighted by atomic mass is 16.5. The molecule has 0 amide bonds. The van der Waals surface area contributed by atoms with Gasteiger partial charge in [-0.05, 0) is 32.1 Å². The van der Waals surface area contributed by atoms with Crippen LogP contribution in [0.5, 0.6) is 0 Å². The summed E-state index contributed by atoms with van der Waals surface area (Å²) in [5.41, 5.74) is 0. The molecule has 6 heteroatoms. The van der Waals surface area contributed by atoms with Crippen LogP contribution in [0, 0.1) is 0 Å². The fourth-order valence-electron chi connectivity index (χ4n) is 2.98. The zero-order valence-corrected chi connectivity index (χ0v) is 15.7. The summed E-state index contributed by atoms with van der Waals surface area (Å²) in [4.78, 5) is 10.4. The van der Waals surface area contributed by atoms with E-state index >= 15 is 0 Å². The van der Waals surface area contributed by atoms with Gasteiger partial charge in [-0.1, -0.05) is 44.1 Å². The first-order valence-corrected chi connectivity index (χ1v) is 9.68. The maximum absolute atomic E-state index is 10.4. The summed E-state index contributed by atoms with van der Waals surface area (Å²) in [6.07, 6.45) is 10.3. The van der Waals surface area contributed by atoms with Gasteiger partial charge in [-0.15, -0.1) is 0 Å². The number of ether oxygens (including phenoxy) is 1. The Labute approximate surface area is 156 Å². The lowest BCUT2D eigenvalue weighted by Crippen LogP contribution is -2.24. The average Bonchev–Trinajstić information content (AvgIpc) is 2.96. The van der Waals surface area contributed by atoms with Crippen molar-refractivity contribution in [2.75, 3.05) is 0 Å². The second kappa shape index (κ2) is 13.0. The lowest BCUT2D eigenvalue weighted by atomic mass is 10.0. The summed E-state index contributed by atoms with van der Waals surface area (Å²) in [6.45, 7) is 2.17. The Hall–Kier alpha value is -1.21. The van der Waals surface area contributed by atoms with Crippen LogP contribution >= 0.6 is 0 Å². The van der Waals surface area contributed by atoms with E-state index in [-0.39, 0.29) is 12.5 Å². The molecule has 1 saturated heterocycles. The van der Waals surface area contributed by atoms with Crippen molar-refractivity contribution in [2.45, 2.75) is 95.2 Å². The molecule has 1 rings (SSSR count). The molecule has 26 heavy (non-hydrogen) atoms. The van der Waals surface area contributed by atoms with Crippen molar-refractivity contribution in [3.05, 3.63) is 24.3 Å². The van der Waals surface area contributed by atoms with E-state index < -0.39 is 30.4 Å². The monoisotopic (exact) mass is 370 g/mol. The highest BCUT2D eigenvalue weighted by Gasteiger charge is 2.36. The van der Waals surface area contributed by atoms with Gasteiger partial charge in [0.1, 0.15) is 0 Å². The van der Waals surface area contributed by atoms with Crippen molar-refractivity contribution >= 4 is 5.97 Å². The Balaban J connectivity index is 2.31. The van der Waals surface area contributed by atoms with Gasteiger partial charge in [0.15, 0.2) is 0 Å². The van der Waals surface area contributed by atoms with E-state index in [9.17, 15) is 20.1 Å². The number of carboxylic acid groups (broad SMARTS) is 1. The number of rotatable bonds is 13. The molecule has 1 aliphatic heterocycles. The first-order valence-electron chi connectivity index (χ1n) is 9.68. The predicted molar refractivity (Wildman–Crippen MR) is 99.8 cm³/mol. The molecule has 0 radical (unpaired) electrons. The van der Waals surface area contributed by atoms with Gasteiger partial charge >= 0.3 is 5.97 Å². The Kier molecular flexibility index (Phi) is 11.4. The molecule has 5 atom stereocenters. The van der Waals surface area contributed by atoms with E-state index in [0.29, 0.717) is 25.7 Å². The van der Waals surface area contributed by atoms with Crippen LogP contribution in [0.2, 0.25) is 0 Å². The van der Waals surface area contributed by atoms with Crippen LogP contribution in [0.4, 0.5) is 0 Å². The minimum Gasteiger partial charge on any atom is -0.481 e. The van der Waals surface area contributed by atoms with Crippen molar-refractivity contribution in [1.82, 2.24) is 0 Å². The van der Waals surface area contributed by atoms with Gasteiger partial charge in [-0.2, -0.15) is 0 Å². The fraction of sp³-hybridized carbons (Fsp3) is 0.750. The molecule has 0 aliphatic carbocycles. The molecule has 0 unspecified atom stereocenters. The van der Waals surface area contributed by atoms with Crippen molar-refractivity contribution in [2.24, 2.45) is 0 Å². The Morgan fingerprint density at radius 1 is 1.19 bits per heavy atom. The lowest BCUT2D eigenvalue weighted by molar-refractivity contribution is -0.137. The molecule has 1 fully saturated rings. The quantitative estimate of drug-likeness (QED) is 0.293. The number of carbonyl (C=O) groups is 1. The molecule has 1 heterocycles. The summed E-state index contributed by atoms with van der Waals surface area (Å²) in [6, 6.07) is 0. The molecular formula is C20H34O6. The zero-order chi connectivity index (χ0) is 19.4. The van der Waals surface area contributed by atoms with Gasteiger partial charge < -0.3 is 25.2 Å². The molecule has 4 N–H and O–H groups in total. The van der Waals surface area contributed by atoms with Crippen LogP contribution < -0.4 is 0 Å². The Bertz CT molecular complexity index is 448. The van der Waals surface area contributed by atoms with E-state index in [4.69, 9.17) is 9.84 Å². The largest absolute Gasteiger partial charge is 0.481 e. The maximum atomic E-state index is 10.4. The highest BCUT2D eigenvalue weighted by molar-refractivity contribution is 5.66. The SMILES string of the molecule is CCCCC/C=C\C[C@@H]1O[C@H]([C@H](O)/C=C/[C@@H](O)CCCC(=O)O)C[C@H]1O. The average molecular weight is 370 g/mol. The predicted octanol–water partition coefficient (Wildman–Crippen LogP) is 2.56. The normalized spacial score (nSPS) is 25.9. The Morgan fingerprint density at radius 3 is 2.65 bits per heavy atom. The standard InChI is InChI=1S/C20H34O6/c1-2-3-4-5-6-7-10-18-17(23)14-19(26-18)16(22)13-12-15(21)9-8-11-20(24)25/h6-7,12-13,15-19,21-23H,2-5,8-11,14H2,1H3,(H,24,25)/b7-6-,13-12+/t15-,16+,17+,18-,19-/m0/s1. The van der Waals surface area contributed by atoms with Crippen LogP contribution in [0.1, 0.15) is 64.7 Å². The lowest BCUT2D eigenvalue weighted by Gasteiger charge is -2.16. The number of carboxylic acids is 1. The highest BCUT2D eigenvalue weighted by Crippen LogP contribution is 2.26. The van der Waals surface area contributed by atoms with Crippen LogP contribution in [0.15, 0.2) is 24.3 Å². The van der Waals surface area contributed by atoms with E-state index in [1.807, 2.05) is 6.08 Å². The van der Waals surface area contributed by atoms with Gasteiger partial charge in [-0.25, -0.2) is 0 Å². The van der Waals surface area contributed by atoms with Crippen molar-refractivity contribution in [1.29, 1.82) is 0 Å². The first kappa shape index (κ1) is 22.8. The second-order valence-corrected chi connectivity index (χ2v) is 6.95. The van der Waals surface area contributed by atoms with Crippen LogP contribution in [0.3, 0.4) is 0 Å². The number of unbranched alkanes of at least 4 members (excludes halogenated alkanes) is 3. The third-order valence-corrected chi connectivity index (χ3v) is 4.56. The number of allylic oxidation sites excluding steroid dienone is 1. The van der Waals surface area contributed by atoms with Gasteiger partial charge in [0.2, 0.25) is 0 Å². The Morgan fingerprint density at radius 2 is 1.96 bits per heavy atom. The minimum atomic E-state index is -0.905. The maximum Gasteiger partial charge on any atom is 0.303 e. The van der Waals surface area contributed by atoms with Gasteiger partial charge in [0.05, 0.1) is 30.5 Å².